The largest absolute Gasteiger partial charge is 0.368 e. The van der Waals surface area contributed by atoms with E-state index in [0.29, 0.717) is 0 Å². The van der Waals surface area contributed by atoms with E-state index in [4.69, 9.17) is 5.73 Å². The van der Waals surface area contributed by atoms with E-state index >= 15 is 0 Å². The van der Waals surface area contributed by atoms with E-state index in [1.54, 1.807) is 24.8 Å². The highest BCUT2D eigenvalue weighted by Crippen LogP contribution is 2.22. The number of H-pyrrole nitrogens is 1. The highest BCUT2D eigenvalue weighted by atomic mass is 15.0. The molecule has 3 aromatic heterocycles. The van der Waals surface area contributed by atoms with Gasteiger partial charge >= 0.3 is 0 Å². The smallest absolute Gasteiger partial charge is 0.220 e. The number of nitrogen functional groups attached to an aromatic ring is 1. The molecule has 0 atom stereocenters. The van der Waals surface area contributed by atoms with Gasteiger partial charge in [0.25, 0.3) is 0 Å². The van der Waals surface area contributed by atoms with Crippen molar-refractivity contribution in [2.75, 3.05) is 5.73 Å². The Bertz CT molecular complexity index is 693. The molecule has 0 radical (unpaired) electrons. The molecule has 0 bridgehead atoms. The monoisotopic (exact) mass is 280 g/mol. The van der Waals surface area contributed by atoms with Gasteiger partial charge in [-0.3, -0.25) is 4.98 Å². The lowest BCUT2D eigenvalue weighted by Gasteiger charge is -2.08. The zero-order chi connectivity index (χ0) is 14.5. The number of aryl methyl sites for hydroxylation is 2. The Morgan fingerprint density at radius 2 is 1.90 bits per heavy atom. The molecule has 0 saturated carbocycles. The van der Waals surface area contributed by atoms with E-state index in [-0.39, 0.29) is 5.95 Å². The van der Waals surface area contributed by atoms with Crippen molar-refractivity contribution in [1.29, 1.82) is 0 Å². The Kier molecular flexibility index (Phi) is 3.86. The maximum absolute atomic E-state index is 5.72. The standard InChI is InChI=1S/C15H16N6/c16-15-20-10-12(2-1-3-13-18-8-9-19-13)14(21-15)11-4-6-17-7-5-11/h4-10H,1-3H2,(H,18,19)(H2,16,20,21). The van der Waals surface area contributed by atoms with Gasteiger partial charge in [-0.05, 0) is 30.5 Å². The number of hydrogen-bond acceptors (Lipinski definition) is 5. The summed E-state index contributed by atoms with van der Waals surface area (Å²) in [5.41, 5.74) is 8.69. The van der Waals surface area contributed by atoms with Gasteiger partial charge in [-0.25, -0.2) is 15.0 Å². The Morgan fingerprint density at radius 3 is 2.67 bits per heavy atom. The molecular formula is C15H16N6. The van der Waals surface area contributed by atoms with Crippen LogP contribution in [-0.4, -0.2) is 24.9 Å². The Balaban J connectivity index is 1.78. The summed E-state index contributed by atoms with van der Waals surface area (Å²) in [6.45, 7) is 0. The predicted molar refractivity (Wildman–Crippen MR) is 80.3 cm³/mol. The topological polar surface area (TPSA) is 93.4 Å². The van der Waals surface area contributed by atoms with Crippen molar-refractivity contribution in [1.82, 2.24) is 24.9 Å². The molecule has 106 valence electrons. The third-order valence-electron chi connectivity index (χ3n) is 3.25. The lowest BCUT2D eigenvalue weighted by molar-refractivity contribution is 0.779. The molecule has 0 spiro atoms. The maximum atomic E-state index is 5.72. The average Bonchev–Trinajstić information content (AvgIpc) is 3.03. The molecule has 3 aromatic rings. The molecule has 0 aliphatic rings. The molecule has 0 amide bonds. The summed E-state index contributed by atoms with van der Waals surface area (Å²) in [7, 11) is 0. The van der Waals surface area contributed by atoms with E-state index in [2.05, 4.69) is 24.9 Å². The molecule has 3 N–H and O–H groups in total. The predicted octanol–water partition coefficient (Wildman–Crippen LogP) is 2.02. The number of aromatic nitrogens is 5. The molecule has 3 heterocycles. The van der Waals surface area contributed by atoms with E-state index < -0.39 is 0 Å². The summed E-state index contributed by atoms with van der Waals surface area (Å²) in [5.74, 6) is 1.29. The third kappa shape index (κ3) is 3.22. The second-order valence-corrected chi connectivity index (χ2v) is 4.73. The maximum Gasteiger partial charge on any atom is 0.220 e. The molecule has 0 unspecified atom stereocenters. The van der Waals surface area contributed by atoms with Crippen molar-refractivity contribution < 1.29 is 0 Å². The number of nitrogens with one attached hydrogen (secondary N) is 1. The number of anilines is 1. The summed E-state index contributed by atoms with van der Waals surface area (Å²) in [6, 6.07) is 3.86. The summed E-state index contributed by atoms with van der Waals surface area (Å²) in [5, 5.41) is 0. The molecule has 0 fully saturated rings. The molecule has 6 nitrogen and oxygen atoms in total. The van der Waals surface area contributed by atoms with Gasteiger partial charge in [-0.15, -0.1) is 0 Å². The first-order valence-electron chi connectivity index (χ1n) is 6.83. The number of pyridine rings is 1. The van der Waals surface area contributed by atoms with Crippen LogP contribution in [0.2, 0.25) is 0 Å². The first kappa shape index (κ1) is 13.2. The normalized spacial score (nSPS) is 10.7. The zero-order valence-electron chi connectivity index (χ0n) is 11.5. The van der Waals surface area contributed by atoms with Gasteiger partial charge in [0.2, 0.25) is 5.95 Å². The van der Waals surface area contributed by atoms with Crippen LogP contribution in [0.3, 0.4) is 0 Å². The Labute approximate surface area is 122 Å². The van der Waals surface area contributed by atoms with Crippen LogP contribution in [0.15, 0.2) is 43.1 Å². The molecule has 21 heavy (non-hydrogen) atoms. The third-order valence-corrected chi connectivity index (χ3v) is 3.25. The van der Waals surface area contributed by atoms with Crippen molar-refractivity contribution in [3.05, 3.63) is 54.5 Å². The number of hydrogen-bond donors (Lipinski definition) is 2. The van der Waals surface area contributed by atoms with Gasteiger partial charge in [0.1, 0.15) is 5.82 Å². The lowest BCUT2D eigenvalue weighted by Crippen LogP contribution is -2.02. The van der Waals surface area contributed by atoms with Gasteiger partial charge in [-0.1, -0.05) is 0 Å². The molecule has 0 aromatic carbocycles. The summed E-state index contributed by atoms with van der Waals surface area (Å²) in [4.78, 5) is 19.9. The molecular weight excluding hydrogens is 264 g/mol. The van der Waals surface area contributed by atoms with Crippen molar-refractivity contribution in [2.24, 2.45) is 0 Å². The average molecular weight is 280 g/mol. The summed E-state index contributed by atoms with van der Waals surface area (Å²) >= 11 is 0. The first-order valence-corrected chi connectivity index (χ1v) is 6.83. The SMILES string of the molecule is Nc1ncc(CCCc2ncc[nH]2)c(-c2ccncc2)n1. The summed E-state index contributed by atoms with van der Waals surface area (Å²) in [6.07, 6.45) is 11.7. The minimum absolute atomic E-state index is 0.289. The van der Waals surface area contributed by atoms with Crippen LogP contribution >= 0.6 is 0 Å². The molecule has 0 saturated heterocycles. The lowest BCUT2D eigenvalue weighted by atomic mass is 10.0. The van der Waals surface area contributed by atoms with E-state index in [9.17, 15) is 0 Å². The zero-order valence-corrected chi connectivity index (χ0v) is 11.5. The summed E-state index contributed by atoms with van der Waals surface area (Å²) < 4.78 is 0. The van der Waals surface area contributed by atoms with Crippen LogP contribution in [-0.2, 0) is 12.8 Å². The Hall–Kier alpha value is -2.76. The molecule has 3 rings (SSSR count). The van der Waals surface area contributed by atoms with E-state index in [1.165, 1.54) is 0 Å². The number of nitrogens with zero attached hydrogens (tertiary/aromatic N) is 4. The minimum Gasteiger partial charge on any atom is -0.368 e. The fraction of sp³-hybridized carbons (Fsp3) is 0.200. The highest BCUT2D eigenvalue weighted by molar-refractivity contribution is 5.63. The van der Waals surface area contributed by atoms with E-state index in [0.717, 1.165) is 41.9 Å². The number of imidazole rings is 1. The minimum atomic E-state index is 0.289. The Morgan fingerprint density at radius 1 is 1.05 bits per heavy atom. The van der Waals surface area contributed by atoms with Gasteiger partial charge in [0.15, 0.2) is 0 Å². The fourth-order valence-corrected chi connectivity index (χ4v) is 2.24. The molecule has 6 heteroatoms. The van der Waals surface area contributed by atoms with Crippen LogP contribution in [0.1, 0.15) is 17.8 Å². The number of nitrogens with two attached hydrogens (primary N) is 1. The number of aromatic amines is 1. The van der Waals surface area contributed by atoms with E-state index in [1.807, 2.05) is 18.3 Å². The van der Waals surface area contributed by atoms with Crippen molar-refractivity contribution >= 4 is 5.95 Å². The van der Waals surface area contributed by atoms with Crippen molar-refractivity contribution in [3.8, 4) is 11.3 Å². The van der Waals surface area contributed by atoms with Gasteiger partial charge in [0.05, 0.1) is 5.69 Å². The van der Waals surface area contributed by atoms with Crippen LogP contribution in [0.4, 0.5) is 5.95 Å². The van der Waals surface area contributed by atoms with Crippen LogP contribution in [0.5, 0.6) is 0 Å². The second kappa shape index (κ2) is 6.13. The van der Waals surface area contributed by atoms with Crippen molar-refractivity contribution in [2.45, 2.75) is 19.3 Å². The van der Waals surface area contributed by atoms with Gasteiger partial charge in [-0.2, -0.15) is 0 Å². The van der Waals surface area contributed by atoms with Crippen LogP contribution in [0, 0.1) is 0 Å². The quantitative estimate of drug-likeness (QED) is 0.745. The van der Waals surface area contributed by atoms with Crippen LogP contribution in [0.25, 0.3) is 11.3 Å². The van der Waals surface area contributed by atoms with Crippen molar-refractivity contribution in [3.63, 3.8) is 0 Å². The molecule has 0 aliphatic heterocycles. The van der Waals surface area contributed by atoms with Gasteiger partial charge in [0, 0.05) is 43.0 Å². The number of rotatable bonds is 5. The first-order chi connectivity index (χ1) is 10.3. The second-order valence-electron chi connectivity index (χ2n) is 4.73. The fourth-order valence-electron chi connectivity index (χ4n) is 2.24. The van der Waals surface area contributed by atoms with Gasteiger partial charge < -0.3 is 10.7 Å². The molecule has 0 aliphatic carbocycles. The highest BCUT2D eigenvalue weighted by Gasteiger charge is 2.09. The van der Waals surface area contributed by atoms with Crippen LogP contribution < -0.4 is 5.73 Å².